The summed E-state index contributed by atoms with van der Waals surface area (Å²) in [6.07, 6.45) is 7.77. The lowest BCUT2D eigenvalue weighted by atomic mass is 9.87. The van der Waals surface area contributed by atoms with Gasteiger partial charge in [-0.1, -0.05) is 12.2 Å². The Morgan fingerprint density at radius 1 is 1.21 bits per heavy atom. The van der Waals surface area contributed by atoms with E-state index in [9.17, 15) is 9.59 Å². The molecule has 2 fully saturated rings. The second kappa shape index (κ2) is 4.66. The highest BCUT2D eigenvalue weighted by Gasteiger charge is 2.43. The summed E-state index contributed by atoms with van der Waals surface area (Å²) in [5.41, 5.74) is 0. The van der Waals surface area contributed by atoms with Gasteiger partial charge in [-0.05, 0) is 44.4 Å². The molecule has 104 valence electrons. The number of carbonyl (C=O) groups is 2. The molecule has 4 nitrogen and oxygen atoms in total. The predicted molar refractivity (Wildman–Crippen MR) is 70.4 cm³/mol. The van der Waals surface area contributed by atoms with E-state index in [0.29, 0.717) is 31.2 Å². The van der Waals surface area contributed by atoms with E-state index in [1.165, 1.54) is 0 Å². The number of nitrogens with zero attached hydrogens (tertiary/aromatic N) is 1. The van der Waals surface area contributed by atoms with E-state index in [2.05, 4.69) is 12.2 Å². The van der Waals surface area contributed by atoms with Crippen molar-refractivity contribution < 1.29 is 14.7 Å². The lowest BCUT2D eigenvalue weighted by Crippen LogP contribution is -2.48. The summed E-state index contributed by atoms with van der Waals surface area (Å²) < 4.78 is 0. The number of carbonyl (C=O) groups excluding carboxylic acids is 1. The zero-order chi connectivity index (χ0) is 13.6. The van der Waals surface area contributed by atoms with Gasteiger partial charge in [0.05, 0.1) is 5.92 Å². The van der Waals surface area contributed by atoms with E-state index >= 15 is 0 Å². The lowest BCUT2D eigenvalue weighted by molar-refractivity contribution is -0.149. The van der Waals surface area contributed by atoms with E-state index in [4.69, 9.17) is 5.11 Å². The first-order valence-corrected chi connectivity index (χ1v) is 7.28. The maximum atomic E-state index is 12.6. The predicted octanol–water partition coefficient (Wildman–Crippen LogP) is 1.91. The van der Waals surface area contributed by atoms with Gasteiger partial charge in [0.1, 0.15) is 0 Å². The van der Waals surface area contributed by atoms with Crippen molar-refractivity contribution in [3.8, 4) is 0 Å². The van der Waals surface area contributed by atoms with Gasteiger partial charge in [0.15, 0.2) is 0 Å². The van der Waals surface area contributed by atoms with Gasteiger partial charge in [0.25, 0.3) is 0 Å². The number of aliphatic carboxylic acids is 1. The molecule has 1 aliphatic heterocycles. The van der Waals surface area contributed by atoms with Gasteiger partial charge in [-0.15, -0.1) is 0 Å². The van der Waals surface area contributed by atoms with Crippen molar-refractivity contribution in [1.29, 1.82) is 0 Å². The summed E-state index contributed by atoms with van der Waals surface area (Å²) in [7, 11) is 0. The molecule has 1 N–H and O–H groups in total. The van der Waals surface area contributed by atoms with Crippen LogP contribution >= 0.6 is 0 Å². The Labute approximate surface area is 113 Å². The van der Waals surface area contributed by atoms with E-state index in [0.717, 1.165) is 12.8 Å². The highest BCUT2D eigenvalue weighted by atomic mass is 16.4. The second-order valence-electron chi connectivity index (χ2n) is 6.33. The zero-order valence-electron chi connectivity index (χ0n) is 11.3. The monoisotopic (exact) mass is 263 g/mol. The van der Waals surface area contributed by atoms with E-state index in [1.807, 2.05) is 11.8 Å². The fraction of sp³-hybridized carbons (Fsp3) is 0.733. The van der Waals surface area contributed by atoms with E-state index in [1.54, 1.807) is 0 Å². The third-order valence-electron chi connectivity index (χ3n) is 5.10. The fourth-order valence-electron chi connectivity index (χ4n) is 4.00. The van der Waals surface area contributed by atoms with Crippen LogP contribution in [0.4, 0.5) is 0 Å². The Bertz CT molecular complexity index is 431. The van der Waals surface area contributed by atoms with Crippen molar-refractivity contribution in [2.75, 3.05) is 6.54 Å². The molecular formula is C15H21NO3. The Hall–Kier alpha value is -1.32. The van der Waals surface area contributed by atoms with Crippen molar-refractivity contribution in [1.82, 2.24) is 4.90 Å². The number of piperidine rings is 1. The van der Waals surface area contributed by atoms with Gasteiger partial charge in [-0.2, -0.15) is 0 Å². The maximum absolute atomic E-state index is 12.6. The van der Waals surface area contributed by atoms with Crippen LogP contribution in [-0.2, 0) is 9.59 Å². The van der Waals surface area contributed by atoms with Crippen LogP contribution in [0.5, 0.6) is 0 Å². The van der Waals surface area contributed by atoms with Crippen molar-refractivity contribution in [2.45, 2.75) is 38.6 Å². The zero-order valence-corrected chi connectivity index (χ0v) is 11.3. The molecule has 1 saturated heterocycles. The van der Waals surface area contributed by atoms with Crippen LogP contribution in [0, 0.1) is 23.7 Å². The summed E-state index contributed by atoms with van der Waals surface area (Å²) in [4.78, 5) is 25.6. The van der Waals surface area contributed by atoms with Crippen molar-refractivity contribution in [2.24, 2.45) is 23.7 Å². The van der Waals surface area contributed by atoms with Crippen LogP contribution in [0.25, 0.3) is 0 Å². The maximum Gasteiger partial charge on any atom is 0.306 e. The molecule has 4 heteroatoms. The molecule has 1 saturated carbocycles. The SMILES string of the molecule is CC1CC(C(=O)O)CCN1C(=O)C1CC2C=CC1C2. The minimum atomic E-state index is -0.721. The number of carboxylic acids is 1. The number of likely N-dealkylation sites (tertiary alicyclic amines) is 1. The van der Waals surface area contributed by atoms with E-state index < -0.39 is 5.97 Å². The van der Waals surface area contributed by atoms with Gasteiger partial charge < -0.3 is 10.0 Å². The molecule has 0 spiro atoms. The standard InChI is InChI=1S/C15H21NO3/c1-9-6-12(15(18)19)4-5-16(9)14(17)13-8-10-2-3-11(13)7-10/h2-3,9-13H,4-8H2,1H3,(H,18,19). The van der Waals surface area contributed by atoms with Crippen LogP contribution in [0.2, 0.25) is 0 Å². The largest absolute Gasteiger partial charge is 0.481 e. The summed E-state index contributed by atoms with van der Waals surface area (Å²) >= 11 is 0. The summed E-state index contributed by atoms with van der Waals surface area (Å²) in [6.45, 7) is 2.59. The van der Waals surface area contributed by atoms with Crippen molar-refractivity contribution in [3.05, 3.63) is 12.2 Å². The lowest BCUT2D eigenvalue weighted by Gasteiger charge is -2.38. The van der Waals surface area contributed by atoms with Crippen LogP contribution in [0.15, 0.2) is 12.2 Å². The number of hydrogen-bond acceptors (Lipinski definition) is 2. The summed E-state index contributed by atoms with van der Waals surface area (Å²) in [5, 5.41) is 9.07. The third kappa shape index (κ3) is 2.17. The van der Waals surface area contributed by atoms with Crippen molar-refractivity contribution in [3.63, 3.8) is 0 Å². The van der Waals surface area contributed by atoms with Crippen LogP contribution in [0.1, 0.15) is 32.6 Å². The van der Waals surface area contributed by atoms with Gasteiger partial charge >= 0.3 is 5.97 Å². The first kappa shape index (κ1) is 12.7. The topological polar surface area (TPSA) is 57.6 Å². The molecule has 5 unspecified atom stereocenters. The number of allylic oxidation sites excluding steroid dienone is 2. The fourth-order valence-corrected chi connectivity index (χ4v) is 4.00. The first-order valence-electron chi connectivity index (χ1n) is 7.28. The summed E-state index contributed by atoms with van der Waals surface area (Å²) in [6, 6.07) is 0.0606. The van der Waals surface area contributed by atoms with Crippen LogP contribution in [0.3, 0.4) is 0 Å². The van der Waals surface area contributed by atoms with Gasteiger partial charge in [0, 0.05) is 18.5 Å². The normalized spacial score (nSPS) is 40.7. The number of rotatable bonds is 2. The molecule has 1 heterocycles. The number of hydrogen-bond donors (Lipinski definition) is 1. The molecule has 0 aromatic heterocycles. The molecule has 3 aliphatic rings. The Morgan fingerprint density at radius 2 is 2.00 bits per heavy atom. The highest BCUT2D eigenvalue weighted by Crippen LogP contribution is 2.44. The molecule has 3 rings (SSSR count). The molecule has 0 aromatic rings. The number of amides is 1. The van der Waals surface area contributed by atoms with Crippen molar-refractivity contribution >= 4 is 11.9 Å². The molecular weight excluding hydrogens is 242 g/mol. The minimum absolute atomic E-state index is 0.0606. The Kier molecular flexibility index (Phi) is 3.11. The molecule has 2 bridgehead atoms. The van der Waals surface area contributed by atoms with E-state index in [-0.39, 0.29) is 23.8 Å². The minimum Gasteiger partial charge on any atom is -0.481 e. The van der Waals surface area contributed by atoms with Gasteiger partial charge in [-0.25, -0.2) is 0 Å². The Morgan fingerprint density at radius 3 is 2.53 bits per heavy atom. The summed E-state index contributed by atoms with van der Waals surface area (Å²) in [5.74, 6) is 0.445. The van der Waals surface area contributed by atoms with Gasteiger partial charge in [0.2, 0.25) is 5.91 Å². The van der Waals surface area contributed by atoms with Crippen LogP contribution in [-0.4, -0.2) is 34.5 Å². The molecule has 0 aromatic carbocycles. The quantitative estimate of drug-likeness (QED) is 0.774. The number of carboxylic acid groups (broad SMARTS) is 1. The average molecular weight is 263 g/mol. The molecule has 0 radical (unpaired) electrons. The second-order valence-corrected chi connectivity index (χ2v) is 6.33. The first-order chi connectivity index (χ1) is 9.06. The molecule has 5 atom stereocenters. The molecule has 1 amide bonds. The Balaban J connectivity index is 1.65. The average Bonchev–Trinajstić information content (AvgIpc) is 3.00. The highest BCUT2D eigenvalue weighted by molar-refractivity contribution is 5.81. The van der Waals surface area contributed by atoms with Crippen LogP contribution < -0.4 is 0 Å². The molecule has 2 aliphatic carbocycles. The molecule has 19 heavy (non-hydrogen) atoms. The number of fused-ring (bicyclic) bond motifs is 2. The van der Waals surface area contributed by atoms with Gasteiger partial charge in [-0.3, -0.25) is 9.59 Å². The third-order valence-corrected chi connectivity index (χ3v) is 5.10. The smallest absolute Gasteiger partial charge is 0.306 e.